The third-order valence-corrected chi connectivity index (χ3v) is 8.61. The zero-order valence-electron chi connectivity index (χ0n) is 22.6. The van der Waals surface area contributed by atoms with E-state index in [-0.39, 0.29) is 12.1 Å². The first-order chi connectivity index (χ1) is 19.7. The molecule has 0 saturated carbocycles. The van der Waals surface area contributed by atoms with Crippen molar-refractivity contribution < 1.29 is 14.2 Å². The highest BCUT2D eigenvalue weighted by atomic mass is 16.5. The van der Waals surface area contributed by atoms with Crippen LogP contribution in [0.25, 0.3) is 11.3 Å². The highest BCUT2D eigenvalue weighted by molar-refractivity contribution is 5.73. The van der Waals surface area contributed by atoms with Crippen molar-refractivity contribution in [3.63, 3.8) is 0 Å². The second-order valence-electron chi connectivity index (χ2n) is 11.0. The molecule has 9 nitrogen and oxygen atoms in total. The summed E-state index contributed by atoms with van der Waals surface area (Å²) in [7, 11) is 0. The minimum atomic E-state index is 0.0818. The van der Waals surface area contributed by atoms with Crippen LogP contribution < -0.4 is 15.0 Å². The van der Waals surface area contributed by atoms with E-state index in [9.17, 15) is 5.26 Å². The van der Waals surface area contributed by atoms with Gasteiger partial charge in [-0.15, -0.1) is 0 Å². The molecule has 3 fully saturated rings. The number of hydrogen-bond acceptors (Lipinski definition) is 9. The van der Waals surface area contributed by atoms with E-state index in [2.05, 4.69) is 55.4 Å². The van der Waals surface area contributed by atoms with Crippen LogP contribution in [0.1, 0.15) is 35.6 Å². The van der Waals surface area contributed by atoms with Gasteiger partial charge >= 0.3 is 0 Å². The van der Waals surface area contributed by atoms with Crippen molar-refractivity contribution in [1.82, 2.24) is 14.9 Å². The van der Waals surface area contributed by atoms with E-state index >= 15 is 0 Å². The molecule has 1 atom stereocenters. The number of hydrogen-bond donors (Lipinski definition) is 1. The van der Waals surface area contributed by atoms with E-state index < -0.39 is 0 Å². The molecule has 0 amide bonds. The lowest BCUT2D eigenvalue weighted by Crippen LogP contribution is -2.56. The van der Waals surface area contributed by atoms with Gasteiger partial charge in [0.25, 0.3) is 0 Å². The average molecular weight is 539 g/mol. The summed E-state index contributed by atoms with van der Waals surface area (Å²) in [6.07, 6.45) is 4.15. The van der Waals surface area contributed by atoms with Gasteiger partial charge in [-0.2, -0.15) is 5.26 Å². The van der Waals surface area contributed by atoms with Gasteiger partial charge < -0.3 is 24.4 Å². The Bertz CT molecular complexity index is 1390. The molecule has 0 radical (unpaired) electrons. The van der Waals surface area contributed by atoms with E-state index in [1.165, 1.54) is 11.3 Å². The van der Waals surface area contributed by atoms with Crippen LogP contribution in [0.3, 0.4) is 0 Å². The van der Waals surface area contributed by atoms with Crippen LogP contribution in [0.15, 0.2) is 48.8 Å². The maximum Gasteiger partial charge on any atom is 0.137 e. The molecule has 1 unspecified atom stereocenters. The highest BCUT2D eigenvalue weighted by Gasteiger charge is 2.30. The zero-order chi connectivity index (χ0) is 26.9. The summed E-state index contributed by atoms with van der Waals surface area (Å²) in [5, 5.41) is 13.5. The Morgan fingerprint density at radius 3 is 2.48 bits per heavy atom. The Balaban J connectivity index is 1.04. The fourth-order valence-corrected chi connectivity index (χ4v) is 6.14. The normalized spacial score (nSPS) is 21.8. The molecule has 2 aromatic carbocycles. The maximum atomic E-state index is 9.86. The van der Waals surface area contributed by atoms with Gasteiger partial charge in [-0.3, -0.25) is 4.90 Å². The molecule has 7 rings (SSSR count). The van der Waals surface area contributed by atoms with E-state index in [4.69, 9.17) is 14.2 Å². The van der Waals surface area contributed by atoms with Gasteiger partial charge in [-0.1, -0.05) is 12.1 Å². The predicted molar refractivity (Wildman–Crippen MR) is 152 cm³/mol. The zero-order valence-corrected chi connectivity index (χ0v) is 22.6. The topological polar surface area (TPSA) is 95.8 Å². The second-order valence-corrected chi connectivity index (χ2v) is 11.0. The molecule has 206 valence electrons. The van der Waals surface area contributed by atoms with Crippen molar-refractivity contribution in [2.45, 2.75) is 37.5 Å². The first kappa shape index (κ1) is 25.3. The summed E-state index contributed by atoms with van der Waals surface area (Å²) in [4.78, 5) is 14.2. The van der Waals surface area contributed by atoms with Gasteiger partial charge in [0.1, 0.15) is 30.1 Å². The fourth-order valence-electron chi connectivity index (χ4n) is 6.14. The second kappa shape index (κ2) is 11.0. The van der Waals surface area contributed by atoms with Gasteiger partial charge in [-0.25, -0.2) is 9.97 Å². The van der Waals surface area contributed by atoms with Gasteiger partial charge in [0, 0.05) is 62.3 Å². The Kier molecular flexibility index (Phi) is 6.98. The molecular formula is C31H34N6O3. The Morgan fingerprint density at radius 2 is 1.75 bits per heavy atom. The van der Waals surface area contributed by atoms with Crippen molar-refractivity contribution in [2.24, 2.45) is 0 Å². The molecule has 1 N–H and O–H groups in total. The largest absolute Gasteiger partial charge is 0.489 e. The van der Waals surface area contributed by atoms with E-state index in [1.54, 1.807) is 6.33 Å². The number of nitrogens with one attached hydrogen (secondary N) is 1. The Hall–Kier alpha value is -3.71. The third kappa shape index (κ3) is 4.99. The fraction of sp³-hybridized carbons (Fsp3) is 0.452. The number of benzene rings is 2. The van der Waals surface area contributed by atoms with Crippen LogP contribution in [0.4, 0.5) is 11.5 Å². The molecular weight excluding hydrogens is 504 g/mol. The SMILES string of the molecule is N#Cc1cc(-c2ncnc3c2CC(c2ccc(N4CCN(C5COC5)CC4)cc2)N3)ccc1OC1CCOCC1. The van der Waals surface area contributed by atoms with Crippen molar-refractivity contribution in [2.75, 3.05) is 62.8 Å². The molecule has 0 bridgehead atoms. The average Bonchev–Trinajstić information content (AvgIpc) is 3.42. The van der Waals surface area contributed by atoms with Crippen molar-refractivity contribution in [1.29, 1.82) is 5.26 Å². The van der Waals surface area contributed by atoms with Gasteiger partial charge in [0.2, 0.25) is 0 Å². The minimum absolute atomic E-state index is 0.0818. The molecule has 9 heteroatoms. The number of piperazine rings is 1. The van der Waals surface area contributed by atoms with E-state index in [1.807, 2.05) is 18.2 Å². The van der Waals surface area contributed by atoms with E-state index in [0.29, 0.717) is 30.6 Å². The first-order valence-corrected chi connectivity index (χ1v) is 14.3. The summed E-state index contributed by atoms with van der Waals surface area (Å²) in [6, 6.07) is 17.8. The van der Waals surface area contributed by atoms with Crippen LogP contribution in [0, 0.1) is 11.3 Å². The number of nitrogens with zero attached hydrogens (tertiary/aromatic N) is 5. The van der Waals surface area contributed by atoms with Crippen LogP contribution in [0.2, 0.25) is 0 Å². The Morgan fingerprint density at radius 1 is 0.950 bits per heavy atom. The van der Waals surface area contributed by atoms with Crippen LogP contribution in [0.5, 0.6) is 5.75 Å². The molecule has 3 saturated heterocycles. The lowest BCUT2D eigenvalue weighted by atomic mass is 9.98. The summed E-state index contributed by atoms with van der Waals surface area (Å²) < 4.78 is 17.0. The van der Waals surface area contributed by atoms with Gasteiger partial charge in [0.15, 0.2) is 0 Å². The standard InChI is InChI=1S/C31H34N6O3/c32-17-23-15-22(3-6-29(23)40-26-7-13-38-14-8-26)30-27-16-28(35-31(27)34-20-33-30)21-1-4-24(5-2-21)36-9-11-37(12-10-36)25-18-39-19-25/h1-6,15,20,25-26,28H,7-14,16,18-19H2,(H,33,34,35). The summed E-state index contributed by atoms with van der Waals surface area (Å²) >= 11 is 0. The monoisotopic (exact) mass is 538 g/mol. The lowest BCUT2D eigenvalue weighted by Gasteiger charge is -2.43. The highest BCUT2D eigenvalue weighted by Crippen LogP contribution is 2.39. The van der Waals surface area contributed by atoms with Crippen molar-refractivity contribution in [3.8, 4) is 23.1 Å². The number of ether oxygens (including phenoxy) is 3. The van der Waals surface area contributed by atoms with Gasteiger partial charge in [-0.05, 0) is 35.9 Å². The Labute approximate surface area is 234 Å². The molecule has 3 aromatic rings. The number of nitriles is 1. The predicted octanol–water partition coefficient (Wildman–Crippen LogP) is 3.80. The summed E-state index contributed by atoms with van der Waals surface area (Å²) in [5.41, 5.74) is 5.87. The minimum Gasteiger partial charge on any atom is -0.489 e. The molecule has 4 aliphatic heterocycles. The number of fused-ring (bicyclic) bond motifs is 1. The molecule has 0 aliphatic carbocycles. The lowest BCUT2D eigenvalue weighted by molar-refractivity contribution is -0.0660. The smallest absolute Gasteiger partial charge is 0.137 e. The summed E-state index contributed by atoms with van der Waals surface area (Å²) in [5.74, 6) is 1.48. The van der Waals surface area contributed by atoms with E-state index in [0.717, 1.165) is 81.3 Å². The molecule has 5 heterocycles. The summed E-state index contributed by atoms with van der Waals surface area (Å²) in [6.45, 7) is 7.43. The quantitative estimate of drug-likeness (QED) is 0.503. The van der Waals surface area contributed by atoms with Gasteiger partial charge in [0.05, 0.1) is 49.8 Å². The van der Waals surface area contributed by atoms with Crippen LogP contribution in [-0.2, 0) is 15.9 Å². The van der Waals surface area contributed by atoms with Crippen molar-refractivity contribution >= 4 is 11.5 Å². The van der Waals surface area contributed by atoms with Crippen LogP contribution >= 0.6 is 0 Å². The molecule has 4 aliphatic rings. The number of aromatic nitrogens is 2. The first-order valence-electron chi connectivity index (χ1n) is 14.3. The van der Waals surface area contributed by atoms with Crippen LogP contribution in [-0.4, -0.2) is 79.6 Å². The molecule has 1 aromatic heterocycles. The maximum absolute atomic E-state index is 9.86. The van der Waals surface area contributed by atoms with Crippen molar-refractivity contribution in [3.05, 3.63) is 65.5 Å². The molecule has 0 spiro atoms. The molecule has 40 heavy (non-hydrogen) atoms. The number of anilines is 2. The number of rotatable bonds is 6. The third-order valence-electron chi connectivity index (χ3n) is 8.61.